The van der Waals surface area contributed by atoms with E-state index in [-0.39, 0.29) is 36.6 Å². The van der Waals surface area contributed by atoms with Crippen LogP contribution in [0.4, 0.5) is 8.78 Å². The fraction of sp³-hybridized carbons (Fsp3) is 0.526. The van der Waals surface area contributed by atoms with Gasteiger partial charge in [0.1, 0.15) is 11.3 Å². The van der Waals surface area contributed by atoms with Crippen LogP contribution in [0, 0.1) is 0 Å². The van der Waals surface area contributed by atoms with Crippen molar-refractivity contribution in [2.24, 2.45) is 4.99 Å². The summed E-state index contributed by atoms with van der Waals surface area (Å²) in [7, 11) is 1.74. The van der Waals surface area contributed by atoms with Gasteiger partial charge in [-0.15, -0.1) is 24.0 Å². The van der Waals surface area contributed by atoms with Crippen LogP contribution in [-0.2, 0) is 6.42 Å². The molecule has 5 nitrogen and oxygen atoms in total. The molecule has 150 valence electrons. The number of piperidine rings is 1. The van der Waals surface area contributed by atoms with Gasteiger partial charge in [-0.1, -0.05) is 18.2 Å². The molecule has 0 atom stereocenters. The maximum Gasteiger partial charge on any atom is 0.251 e. The molecule has 27 heavy (non-hydrogen) atoms. The van der Waals surface area contributed by atoms with Gasteiger partial charge in [-0.3, -0.25) is 9.89 Å². The minimum Gasteiger partial charge on any atom is -0.461 e. The number of hydrogen-bond acceptors (Lipinski definition) is 3. The summed E-state index contributed by atoms with van der Waals surface area (Å²) in [5.74, 6) is 1.68. The number of likely N-dealkylation sites (tertiary alicyclic amines) is 1. The number of rotatable bonds is 6. The second kappa shape index (κ2) is 10.8. The number of furan rings is 1. The highest BCUT2D eigenvalue weighted by Gasteiger charge is 2.21. The van der Waals surface area contributed by atoms with E-state index < -0.39 is 6.43 Å². The van der Waals surface area contributed by atoms with E-state index in [1.807, 2.05) is 29.2 Å². The molecule has 2 heterocycles. The summed E-state index contributed by atoms with van der Waals surface area (Å²) in [5.41, 5.74) is 0.903. The monoisotopic (exact) mass is 492 g/mol. The third-order valence-corrected chi connectivity index (χ3v) is 4.69. The Bertz CT molecular complexity index is 696. The maximum absolute atomic E-state index is 12.4. The highest BCUT2D eigenvalue weighted by atomic mass is 127. The lowest BCUT2D eigenvalue weighted by Gasteiger charge is -2.32. The van der Waals surface area contributed by atoms with Crippen LogP contribution >= 0.6 is 24.0 Å². The molecule has 2 aromatic rings. The van der Waals surface area contributed by atoms with Crippen molar-refractivity contribution in [3.63, 3.8) is 0 Å². The van der Waals surface area contributed by atoms with Gasteiger partial charge in [0, 0.05) is 44.5 Å². The number of nitrogens with one attached hydrogen (secondary N) is 2. The molecule has 8 heteroatoms. The molecule has 1 aliphatic heterocycles. The van der Waals surface area contributed by atoms with E-state index in [2.05, 4.69) is 21.7 Å². The molecule has 0 radical (unpaired) electrons. The average molecular weight is 492 g/mol. The first-order valence-electron chi connectivity index (χ1n) is 9.09. The highest BCUT2D eigenvalue weighted by molar-refractivity contribution is 14.0. The van der Waals surface area contributed by atoms with E-state index in [1.165, 1.54) is 0 Å². The molecule has 0 aliphatic carbocycles. The number of benzene rings is 1. The van der Waals surface area contributed by atoms with Gasteiger partial charge in [-0.2, -0.15) is 0 Å². The Morgan fingerprint density at radius 1 is 1.30 bits per heavy atom. The van der Waals surface area contributed by atoms with E-state index in [4.69, 9.17) is 4.42 Å². The molecule has 1 aromatic carbocycles. The molecule has 1 aliphatic rings. The van der Waals surface area contributed by atoms with Gasteiger partial charge in [0.2, 0.25) is 0 Å². The summed E-state index contributed by atoms with van der Waals surface area (Å²) in [6, 6.07) is 10.3. The summed E-state index contributed by atoms with van der Waals surface area (Å²) >= 11 is 0. The van der Waals surface area contributed by atoms with Crippen molar-refractivity contribution in [2.75, 3.05) is 33.2 Å². The number of halogens is 3. The number of guanidine groups is 1. The molecule has 1 saturated heterocycles. The third-order valence-electron chi connectivity index (χ3n) is 4.69. The second-order valence-corrected chi connectivity index (χ2v) is 6.61. The van der Waals surface area contributed by atoms with Gasteiger partial charge in [0.25, 0.3) is 6.43 Å². The van der Waals surface area contributed by atoms with Crippen molar-refractivity contribution in [3.8, 4) is 0 Å². The first-order valence-corrected chi connectivity index (χ1v) is 9.09. The lowest BCUT2D eigenvalue weighted by molar-refractivity contribution is 0.0744. The smallest absolute Gasteiger partial charge is 0.251 e. The van der Waals surface area contributed by atoms with Crippen LogP contribution in [0.3, 0.4) is 0 Å². The van der Waals surface area contributed by atoms with Gasteiger partial charge >= 0.3 is 0 Å². The van der Waals surface area contributed by atoms with Crippen molar-refractivity contribution in [3.05, 3.63) is 36.1 Å². The van der Waals surface area contributed by atoms with Crippen LogP contribution in [-0.4, -0.2) is 56.6 Å². The summed E-state index contributed by atoms with van der Waals surface area (Å²) in [5, 5.41) is 7.80. The molecule has 2 N–H and O–H groups in total. The normalized spacial score (nSPS) is 16.5. The number of hydrogen-bond donors (Lipinski definition) is 2. The molecule has 0 bridgehead atoms. The highest BCUT2D eigenvalue weighted by Crippen LogP contribution is 2.18. The van der Waals surface area contributed by atoms with Crippen LogP contribution in [0.5, 0.6) is 0 Å². The number of para-hydroxylation sites is 1. The molecule has 0 saturated carbocycles. The Kier molecular flexibility index (Phi) is 8.75. The zero-order valence-corrected chi connectivity index (χ0v) is 17.8. The van der Waals surface area contributed by atoms with Gasteiger partial charge in [0.15, 0.2) is 5.96 Å². The lowest BCUT2D eigenvalue weighted by atomic mass is 10.1. The molecule has 0 unspecified atom stereocenters. The van der Waals surface area contributed by atoms with Crippen LogP contribution in [0.25, 0.3) is 11.0 Å². The minimum atomic E-state index is -2.26. The Labute approximate surface area is 175 Å². The number of alkyl halides is 2. The first-order chi connectivity index (χ1) is 12.6. The summed E-state index contributed by atoms with van der Waals surface area (Å²) in [4.78, 5) is 6.07. The Morgan fingerprint density at radius 3 is 2.70 bits per heavy atom. The van der Waals surface area contributed by atoms with E-state index in [0.717, 1.165) is 42.0 Å². The summed E-state index contributed by atoms with van der Waals surface area (Å²) in [6.07, 6.45) is 0.197. The van der Waals surface area contributed by atoms with Crippen molar-refractivity contribution in [2.45, 2.75) is 31.7 Å². The summed E-state index contributed by atoms with van der Waals surface area (Å²) < 4.78 is 30.7. The molecule has 0 spiro atoms. The van der Waals surface area contributed by atoms with Crippen molar-refractivity contribution >= 4 is 40.9 Å². The second-order valence-electron chi connectivity index (χ2n) is 6.61. The van der Waals surface area contributed by atoms with Crippen molar-refractivity contribution in [1.82, 2.24) is 15.5 Å². The topological polar surface area (TPSA) is 52.8 Å². The van der Waals surface area contributed by atoms with Gasteiger partial charge < -0.3 is 15.1 Å². The van der Waals surface area contributed by atoms with Crippen LogP contribution in [0.2, 0.25) is 0 Å². The maximum atomic E-state index is 12.4. The molecular weight excluding hydrogens is 465 g/mol. The predicted molar refractivity (Wildman–Crippen MR) is 115 cm³/mol. The third kappa shape index (κ3) is 6.60. The standard InChI is InChI=1S/C19H26F2N4O.HI/c1-22-19(24-15-7-10-25(11-8-15)13-18(20)21)23-9-6-16-12-14-4-2-3-5-17(14)26-16;/h2-5,12,15,18H,6-11,13H2,1H3,(H2,22,23,24);1H. The molecule has 0 amide bonds. The minimum absolute atomic E-state index is 0. The van der Waals surface area contributed by atoms with E-state index in [0.29, 0.717) is 19.6 Å². The van der Waals surface area contributed by atoms with Crippen LogP contribution in [0.1, 0.15) is 18.6 Å². The molecule has 3 rings (SSSR count). The van der Waals surface area contributed by atoms with Crippen molar-refractivity contribution in [1.29, 1.82) is 0 Å². The fourth-order valence-corrected chi connectivity index (χ4v) is 3.31. The van der Waals surface area contributed by atoms with Crippen molar-refractivity contribution < 1.29 is 13.2 Å². The van der Waals surface area contributed by atoms with E-state index >= 15 is 0 Å². The first kappa shape index (κ1) is 21.9. The Hall–Kier alpha value is -1.42. The largest absolute Gasteiger partial charge is 0.461 e. The van der Waals surface area contributed by atoms with Gasteiger partial charge in [0.05, 0.1) is 6.54 Å². The van der Waals surface area contributed by atoms with Crippen LogP contribution < -0.4 is 10.6 Å². The molecular formula is C19H27F2IN4O. The SMILES string of the molecule is CN=C(NCCc1cc2ccccc2o1)NC1CCN(CC(F)F)CC1.I. The predicted octanol–water partition coefficient (Wildman–Crippen LogP) is 3.49. The zero-order valence-electron chi connectivity index (χ0n) is 15.5. The van der Waals surface area contributed by atoms with Crippen LogP contribution in [0.15, 0.2) is 39.7 Å². The molecule has 1 fully saturated rings. The fourth-order valence-electron chi connectivity index (χ4n) is 3.31. The number of fused-ring (bicyclic) bond motifs is 1. The van der Waals surface area contributed by atoms with E-state index in [1.54, 1.807) is 7.05 Å². The Balaban J connectivity index is 0.00000261. The van der Waals surface area contributed by atoms with Gasteiger partial charge in [-0.25, -0.2) is 8.78 Å². The molecule has 1 aromatic heterocycles. The lowest BCUT2D eigenvalue weighted by Crippen LogP contribution is -2.49. The Morgan fingerprint density at radius 2 is 2.04 bits per heavy atom. The zero-order chi connectivity index (χ0) is 18.4. The quantitative estimate of drug-likeness (QED) is 0.369. The average Bonchev–Trinajstić information content (AvgIpc) is 3.04. The number of nitrogens with zero attached hydrogens (tertiary/aromatic N) is 2. The summed E-state index contributed by atoms with van der Waals surface area (Å²) in [6.45, 7) is 1.97. The van der Waals surface area contributed by atoms with E-state index in [9.17, 15) is 8.78 Å². The number of aliphatic imine (C=N–C) groups is 1. The van der Waals surface area contributed by atoms with Gasteiger partial charge in [-0.05, 0) is 25.0 Å².